The summed E-state index contributed by atoms with van der Waals surface area (Å²) in [6.07, 6.45) is -11.9. The Bertz CT molecular complexity index is 317. The Morgan fingerprint density at radius 2 is 1.60 bits per heavy atom. The second-order valence-electron chi connectivity index (χ2n) is 3.57. The second-order valence-corrected chi connectivity index (χ2v) is 8.73. The molecule has 1 N–H and O–H groups in total. The summed E-state index contributed by atoms with van der Waals surface area (Å²) in [5.74, 6) is -1.10. The van der Waals surface area contributed by atoms with Crippen molar-refractivity contribution in [1.29, 1.82) is 0 Å². The number of hydrogen-bond donors (Lipinski definition) is 1. The molecule has 0 aromatic heterocycles. The summed E-state index contributed by atoms with van der Waals surface area (Å²) in [7, 11) is 0. The molecule has 0 rings (SSSR count). The average molecular weight is 536 g/mol. The number of carbonyl (C=O) groups is 1. The van der Waals surface area contributed by atoms with Crippen molar-refractivity contribution >= 4 is 5.97 Å². The summed E-state index contributed by atoms with van der Waals surface area (Å²) in [6, 6.07) is 0. The SMILES string of the molecule is C[I-]CC([I-]C)C(=O)OCC(O)(C(F)(F)F)C(F)(F)F. The maximum atomic E-state index is 12.3. The van der Waals surface area contributed by atoms with Crippen molar-refractivity contribution in [3.63, 3.8) is 0 Å². The van der Waals surface area contributed by atoms with Gasteiger partial charge in [-0.2, -0.15) is 0 Å². The number of hydrogen-bond acceptors (Lipinski definition) is 3. The Labute approximate surface area is 131 Å². The van der Waals surface area contributed by atoms with E-state index in [1.807, 2.05) is 4.93 Å². The number of carbonyl (C=O) groups excluding carboxylic acids is 1. The molecule has 0 radical (unpaired) electrons. The first-order valence-electron chi connectivity index (χ1n) is 4.85. The molecule has 124 valence electrons. The zero-order valence-corrected chi connectivity index (χ0v) is 14.6. The van der Waals surface area contributed by atoms with E-state index in [0.29, 0.717) is 4.43 Å². The van der Waals surface area contributed by atoms with Gasteiger partial charge in [0.2, 0.25) is 0 Å². The zero-order chi connectivity index (χ0) is 16.2. The third kappa shape index (κ3) is 5.03. The number of rotatable bonds is 6. The zero-order valence-electron chi connectivity index (χ0n) is 10.3. The molecule has 0 saturated heterocycles. The Morgan fingerprint density at radius 3 is 1.90 bits per heavy atom. The quantitative estimate of drug-likeness (QED) is 0.161. The molecule has 3 nitrogen and oxygen atoms in total. The van der Waals surface area contributed by atoms with Crippen molar-refractivity contribution < 1.29 is 83.4 Å². The Morgan fingerprint density at radius 1 is 1.15 bits per heavy atom. The molecule has 11 heteroatoms. The molecule has 0 bridgehead atoms. The fourth-order valence-electron chi connectivity index (χ4n) is 0.936. The van der Waals surface area contributed by atoms with Crippen LogP contribution in [0.4, 0.5) is 26.3 Å². The van der Waals surface area contributed by atoms with E-state index in [9.17, 15) is 31.1 Å². The van der Waals surface area contributed by atoms with Crippen molar-refractivity contribution in [2.45, 2.75) is 21.9 Å². The predicted octanol–water partition coefficient (Wildman–Crippen LogP) is -4.81. The monoisotopic (exact) mass is 536 g/mol. The number of esters is 1. The van der Waals surface area contributed by atoms with Gasteiger partial charge in [-0.15, -0.1) is 0 Å². The van der Waals surface area contributed by atoms with Crippen LogP contribution in [0.5, 0.6) is 0 Å². The van der Waals surface area contributed by atoms with Gasteiger partial charge in [0.1, 0.15) is 0 Å². The Balaban J connectivity index is 4.94. The minimum atomic E-state index is -5.97. The van der Waals surface area contributed by atoms with Crippen molar-refractivity contribution in [2.75, 3.05) is 20.9 Å². The van der Waals surface area contributed by atoms with Crippen LogP contribution in [0.25, 0.3) is 0 Å². The minimum absolute atomic E-state index is 0.339. The number of aliphatic hydroxyl groups is 1. The normalized spacial score (nSPS) is 15.4. The van der Waals surface area contributed by atoms with Gasteiger partial charge in [0.25, 0.3) is 0 Å². The summed E-state index contributed by atoms with van der Waals surface area (Å²) in [4.78, 5) is 15.0. The molecule has 0 amide bonds. The van der Waals surface area contributed by atoms with Gasteiger partial charge in [-0.1, -0.05) is 0 Å². The molecule has 20 heavy (non-hydrogen) atoms. The van der Waals surface area contributed by atoms with E-state index >= 15 is 0 Å². The molecule has 0 saturated carbocycles. The van der Waals surface area contributed by atoms with Crippen LogP contribution >= 0.6 is 0 Å². The summed E-state index contributed by atoms with van der Waals surface area (Å²) in [6.45, 7) is -2.17. The van der Waals surface area contributed by atoms with E-state index in [1.165, 1.54) is 0 Å². The van der Waals surface area contributed by atoms with Crippen LogP contribution in [0.3, 0.4) is 0 Å². The van der Waals surface area contributed by atoms with Crippen LogP contribution in [0.1, 0.15) is 0 Å². The van der Waals surface area contributed by atoms with Crippen LogP contribution in [0.2, 0.25) is 0 Å². The first-order valence-corrected chi connectivity index (χ1v) is 11.9. The predicted molar refractivity (Wildman–Crippen MR) is 48.5 cm³/mol. The number of halogens is 8. The van der Waals surface area contributed by atoms with E-state index in [-0.39, 0.29) is 21.2 Å². The van der Waals surface area contributed by atoms with Crippen LogP contribution in [-0.4, -0.2) is 53.8 Å². The van der Waals surface area contributed by atoms with Gasteiger partial charge in [-0.05, 0) is 0 Å². The molecule has 0 aliphatic heterocycles. The van der Waals surface area contributed by atoms with Crippen molar-refractivity contribution in [2.24, 2.45) is 0 Å². The molecule has 1 unspecified atom stereocenters. The van der Waals surface area contributed by atoms with Crippen LogP contribution < -0.4 is 42.4 Å². The average Bonchev–Trinajstić information content (AvgIpc) is 2.29. The van der Waals surface area contributed by atoms with E-state index in [2.05, 4.69) is 4.74 Å². The topological polar surface area (TPSA) is 46.5 Å². The van der Waals surface area contributed by atoms with Crippen molar-refractivity contribution in [3.05, 3.63) is 0 Å². The summed E-state index contributed by atoms with van der Waals surface area (Å²) < 4.78 is 77.9. The first-order chi connectivity index (χ1) is 8.90. The number of alkyl halides is 10. The van der Waals surface area contributed by atoms with Gasteiger partial charge in [0.05, 0.1) is 0 Å². The molecular weight excluding hydrogens is 524 g/mol. The van der Waals surface area contributed by atoms with Gasteiger partial charge < -0.3 is 0 Å². The third-order valence-corrected chi connectivity index (χ3v) is 8.07. The fourth-order valence-corrected chi connectivity index (χ4v) is 7.56. The van der Waals surface area contributed by atoms with Gasteiger partial charge >= 0.3 is 132 Å². The van der Waals surface area contributed by atoms with Gasteiger partial charge in [-0.25, -0.2) is 0 Å². The van der Waals surface area contributed by atoms with Crippen LogP contribution in [0, 0.1) is 0 Å². The molecule has 1 atom stereocenters. The molecule has 0 fully saturated rings. The Hall–Kier alpha value is 0.470. The molecule has 0 aliphatic rings. The van der Waals surface area contributed by atoms with Gasteiger partial charge in [0, 0.05) is 0 Å². The van der Waals surface area contributed by atoms with Crippen LogP contribution in [0.15, 0.2) is 0 Å². The second kappa shape index (κ2) is 7.65. The summed E-state index contributed by atoms with van der Waals surface area (Å²) in [5.41, 5.74) is -5.03. The van der Waals surface area contributed by atoms with Crippen LogP contribution in [-0.2, 0) is 9.53 Å². The van der Waals surface area contributed by atoms with Gasteiger partial charge in [-0.3, -0.25) is 0 Å². The fraction of sp³-hybridized carbons (Fsp3) is 0.889. The van der Waals surface area contributed by atoms with E-state index in [4.69, 9.17) is 5.11 Å². The van der Waals surface area contributed by atoms with E-state index in [1.54, 1.807) is 4.93 Å². The first kappa shape index (κ1) is 20.5. The summed E-state index contributed by atoms with van der Waals surface area (Å²) in [5, 5.41) is 8.81. The molecule has 0 aromatic carbocycles. The Kier molecular flexibility index (Phi) is 7.83. The van der Waals surface area contributed by atoms with Crippen molar-refractivity contribution in [1.82, 2.24) is 0 Å². The summed E-state index contributed by atoms with van der Waals surface area (Å²) >= 11 is -1.04. The van der Waals surface area contributed by atoms with Crippen molar-refractivity contribution in [3.8, 4) is 0 Å². The van der Waals surface area contributed by atoms with E-state index in [0.717, 1.165) is 0 Å². The molecule has 0 aliphatic carbocycles. The third-order valence-electron chi connectivity index (χ3n) is 2.17. The molecule has 0 heterocycles. The standard InChI is InChI=1S/C9H12F6I2O3/c1-16-3-5(17-2)6(18)20-4-7(19,8(10,11)12)9(13,14)15/h5,19H,3-4H2,1-2H3/q-2. The van der Waals surface area contributed by atoms with E-state index < -0.39 is 55.7 Å². The van der Waals surface area contributed by atoms with Gasteiger partial charge in [0.15, 0.2) is 0 Å². The maximum absolute atomic E-state index is 12.3. The molecule has 0 aromatic rings. The molecule has 0 spiro atoms. The molecular formula is C9H12F6I2O3-2. The number of ether oxygens (including phenoxy) is 1.